The Bertz CT molecular complexity index is 921. The van der Waals surface area contributed by atoms with Gasteiger partial charge in [-0.3, -0.25) is 4.98 Å². The molecule has 8 heteroatoms. The summed E-state index contributed by atoms with van der Waals surface area (Å²) in [6.07, 6.45) is 3.52. The highest BCUT2D eigenvalue weighted by molar-refractivity contribution is 7.71. The summed E-state index contributed by atoms with van der Waals surface area (Å²) < 4.78 is 13.4. The summed E-state index contributed by atoms with van der Waals surface area (Å²) in [4.78, 5) is 4.03. The number of hydrogen-bond acceptors (Lipinski definition) is 6. The van der Waals surface area contributed by atoms with Gasteiger partial charge in [0.05, 0.1) is 19.8 Å². The van der Waals surface area contributed by atoms with Crippen LogP contribution in [0.3, 0.4) is 0 Å². The Morgan fingerprint density at radius 3 is 2.65 bits per heavy atom. The van der Waals surface area contributed by atoms with Gasteiger partial charge in [-0.2, -0.15) is 5.10 Å². The number of hydrogen-bond donors (Lipinski definition) is 2. The van der Waals surface area contributed by atoms with E-state index < -0.39 is 0 Å². The Kier molecular flexibility index (Phi) is 5.52. The Balaban J connectivity index is 1.80. The Hall–Kier alpha value is -2.87. The molecule has 0 saturated heterocycles. The molecule has 0 saturated carbocycles. The van der Waals surface area contributed by atoms with Gasteiger partial charge in [-0.1, -0.05) is 6.07 Å². The van der Waals surface area contributed by atoms with Gasteiger partial charge in [-0.05, 0) is 55.9 Å². The predicted molar refractivity (Wildman–Crippen MR) is 102 cm³/mol. The highest BCUT2D eigenvalue weighted by Gasteiger charge is 2.10. The molecule has 0 unspecified atom stereocenters. The number of aromatic amines is 1. The first-order valence-electron chi connectivity index (χ1n) is 8.23. The average molecular weight is 371 g/mol. The van der Waals surface area contributed by atoms with Crippen molar-refractivity contribution in [1.29, 1.82) is 0 Å². The maximum atomic E-state index is 5.75. The second kappa shape index (κ2) is 8.01. The quantitative estimate of drug-likeness (QED) is 0.619. The van der Waals surface area contributed by atoms with E-state index in [9.17, 15) is 0 Å². The second-order valence-corrected chi connectivity index (χ2v) is 6.30. The van der Waals surface area contributed by atoms with Crippen LogP contribution in [0.2, 0.25) is 0 Å². The highest BCUT2D eigenvalue weighted by atomic mass is 32.1. The van der Waals surface area contributed by atoms with Gasteiger partial charge in [0, 0.05) is 18.0 Å². The summed E-state index contributed by atoms with van der Waals surface area (Å²) >= 11 is 5.33. The molecule has 2 heterocycles. The van der Waals surface area contributed by atoms with Crippen LogP contribution in [0.5, 0.6) is 11.5 Å². The maximum Gasteiger partial charge on any atom is 0.214 e. The standard InChI is InChI=1S/C18H21N5O2S/c1-12(2)25-15-5-4-13(10-16(15)24-3)11-20-23-17(21-22-18(23)26)14-6-8-19-9-7-14/h4-10,12,20H,11H2,1-3H3,(H,22,26). The molecule has 0 amide bonds. The zero-order valence-corrected chi connectivity index (χ0v) is 15.7. The third-order valence-corrected chi connectivity index (χ3v) is 3.92. The number of pyridine rings is 1. The molecule has 0 aliphatic heterocycles. The summed E-state index contributed by atoms with van der Waals surface area (Å²) in [6, 6.07) is 9.60. The van der Waals surface area contributed by atoms with Crippen LogP contribution in [0.4, 0.5) is 0 Å². The van der Waals surface area contributed by atoms with Crippen LogP contribution in [0.25, 0.3) is 11.4 Å². The third-order valence-electron chi connectivity index (χ3n) is 3.64. The molecule has 0 aliphatic carbocycles. The van der Waals surface area contributed by atoms with E-state index in [0.29, 0.717) is 22.9 Å². The molecule has 0 atom stereocenters. The molecule has 0 radical (unpaired) electrons. The molecule has 26 heavy (non-hydrogen) atoms. The zero-order valence-electron chi connectivity index (χ0n) is 14.9. The molecule has 3 rings (SSSR count). The number of nitrogens with zero attached hydrogens (tertiary/aromatic N) is 3. The molecule has 0 aliphatic rings. The summed E-state index contributed by atoms with van der Waals surface area (Å²) in [7, 11) is 1.63. The SMILES string of the molecule is COc1cc(CNn2c(-c3ccncc3)n[nH]c2=S)ccc1OC(C)C. The third kappa shape index (κ3) is 4.02. The molecule has 0 bridgehead atoms. The van der Waals surface area contributed by atoms with Crippen LogP contribution in [0, 0.1) is 4.77 Å². The number of aromatic nitrogens is 4. The minimum absolute atomic E-state index is 0.0834. The van der Waals surface area contributed by atoms with Crippen molar-refractivity contribution < 1.29 is 9.47 Å². The van der Waals surface area contributed by atoms with Crippen molar-refractivity contribution in [1.82, 2.24) is 19.9 Å². The summed E-state index contributed by atoms with van der Waals surface area (Å²) in [5, 5.41) is 7.10. The molecule has 3 aromatic rings. The van der Waals surface area contributed by atoms with Crippen molar-refractivity contribution in [2.75, 3.05) is 12.5 Å². The lowest BCUT2D eigenvalue weighted by Crippen LogP contribution is -2.16. The number of rotatable bonds is 7. The first-order valence-corrected chi connectivity index (χ1v) is 8.64. The van der Waals surface area contributed by atoms with Crippen LogP contribution in [-0.2, 0) is 6.54 Å². The van der Waals surface area contributed by atoms with Crippen LogP contribution in [-0.4, -0.2) is 33.1 Å². The number of benzene rings is 1. The smallest absolute Gasteiger partial charge is 0.214 e. The van der Waals surface area contributed by atoms with Crippen LogP contribution >= 0.6 is 12.2 Å². The zero-order chi connectivity index (χ0) is 18.5. The van der Waals surface area contributed by atoms with Crippen molar-refractivity contribution in [3.05, 3.63) is 53.1 Å². The maximum absolute atomic E-state index is 5.75. The van der Waals surface area contributed by atoms with Gasteiger partial charge in [-0.25, -0.2) is 9.77 Å². The molecule has 1 aromatic carbocycles. The van der Waals surface area contributed by atoms with E-state index in [0.717, 1.165) is 16.9 Å². The van der Waals surface area contributed by atoms with E-state index in [4.69, 9.17) is 21.7 Å². The van der Waals surface area contributed by atoms with Crippen LogP contribution < -0.4 is 14.9 Å². The van der Waals surface area contributed by atoms with Gasteiger partial charge in [0.1, 0.15) is 0 Å². The molecule has 136 valence electrons. The largest absolute Gasteiger partial charge is 0.493 e. The van der Waals surface area contributed by atoms with E-state index >= 15 is 0 Å². The normalized spacial score (nSPS) is 10.8. The van der Waals surface area contributed by atoms with Crippen molar-refractivity contribution in [2.45, 2.75) is 26.5 Å². The summed E-state index contributed by atoms with van der Waals surface area (Å²) in [5.74, 6) is 2.12. The second-order valence-electron chi connectivity index (χ2n) is 5.91. The lowest BCUT2D eigenvalue weighted by Gasteiger charge is -2.15. The number of H-pyrrole nitrogens is 1. The fourth-order valence-electron chi connectivity index (χ4n) is 2.48. The van der Waals surface area contributed by atoms with E-state index in [1.807, 2.05) is 44.2 Å². The van der Waals surface area contributed by atoms with Gasteiger partial charge >= 0.3 is 0 Å². The fourth-order valence-corrected chi connectivity index (χ4v) is 2.68. The first-order chi connectivity index (χ1) is 12.6. The molecule has 7 nitrogen and oxygen atoms in total. The Morgan fingerprint density at radius 1 is 1.19 bits per heavy atom. The average Bonchev–Trinajstić information content (AvgIpc) is 3.01. The van der Waals surface area contributed by atoms with Crippen molar-refractivity contribution in [3.8, 4) is 22.9 Å². The van der Waals surface area contributed by atoms with E-state index in [2.05, 4.69) is 20.6 Å². The van der Waals surface area contributed by atoms with Crippen LogP contribution in [0.1, 0.15) is 19.4 Å². The molecule has 2 N–H and O–H groups in total. The first kappa shape index (κ1) is 17.9. The topological polar surface area (TPSA) is 77.0 Å². The van der Waals surface area contributed by atoms with Crippen LogP contribution in [0.15, 0.2) is 42.7 Å². The van der Waals surface area contributed by atoms with E-state index in [1.165, 1.54) is 0 Å². The number of ether oxygens (including phenoxy) is 2. The minimum Gasteiger partial charge on any atom is -0.493 e. The number of nitrogens with one attached hydrogen (secondary N) is 2. The van der Waals surface area contributed by atoms with E-state index in [-0.39, 0.29) is 6.10 Å². The predicted octanol–water partition coefficient (Wildman–Crippen LogP) is 3.54. The molecule has 0 fully saturated rings. The van der Waals surface area contributed by atoms with E-state index in [1.54, 1.807) is 24.2 Å². The van der Waals surface area contributed by atoms with Gasteiger partial charge in [-0.15, -0.1) is 0 Å². The Labute approximate surface area is 157 Å². The summed E-state index contributed by atoms with van der Waals surface area (Å²) in [6.45, 7) is 4.51. The molecular weight excluding hydrogens is 350 g/mol. The fraction of sp³-hybridized carbons (Fsp3) is 0.278. The lowest BCUT2D eigenvalue weighted by molar-refractivity contribution is 0.230. The van der Waals surface area contributed by atoms with Gasteiger partial charge < -0.3 is 14.9 Å². The van der Waals surface area contributed by atoms with Gasteiger partial charge in [0.2, 0.25) is 4.77 Å². The lowest BCUT2D eigenvalue weighted by atomic mass is 10.2. The van der Waals surface area contributed by atoms with Gasteiger partial charge in [0.15, 0.2) is 17.3 Å². The van der Waals surface area contributed by atoms with Gasteiger partial charge in [0.25, 0.3) is 0 Å². The van der Waals surface area contributed by atoms with Crippen molar-refractivity contribution in [2.24, 2.45) is 0 Å². The van der Waals surface area contributed by atoms with Crippen molar-refractivity contribution in [3.63, 3.8) is 0 Å². The number of methoxy groups -OCH3 is 1. The Morgan fingerprint density at radius 2 is 1.96 bits per heavy atom. The minimum atomic E-state index is 0.0834. The van der Waals surface area contributed by atoms with Crippen molar-refractivity contribution >= 4 is 12.2 Å². The monoisotopic (exact) mass is 371 g/mol. The molecular formula is C18H21N5O2S. The summed E-state index contributed by atoms with van der Waals surface area (Å²) in [5.41, 5.74) is 5.23. The highest BCUT2D eigenvalue weighted by Crippen LogP contribution is 2.29. The molecule has 0 spiro atoms. The molecule has 2 aromatic heterocycles.